The van der Waals surface area contributed by atoms with Gasteiger partial charge in [0.05, 0.1) is 0 Å². The van der Waals surface area contributed by atoms with Gasteiger partial charge in [-0.1, -0.05) is 15.9 Å². The van der Waals surface area contributed by atoms with Crippen molar-refractivity contribution in [2.75, 3.05) is 28.5 Å². The van der Waals surface area contributed by atoms with Crippen LogP contribution in [0.5, 0.6) is 0 Å². The maximum Gasteiger partial charge on any atom is 0.221 e. The van der Waals surface area contributed by atoms with Crippen LogP contribution >= 0.6 is 39.5 Å². The number of thioether (sulfide) groups is 2. The summed E-state index contributed by atoms with van der Waals surface area (Å²) in [6, 6.07) is 0. The van der Waals surface area contributed by atoms with Crippen LogP contribution in [0.1, 0.15) is 0 Å². The van der Waals surface area contributed by atoms with Crippen molar-refractivity contribution in [1.82, 2.24) is 4.72 Å². The van der Waals surface area contributed by atoms with E-state index in [1.54, 1.807) is 0 Å². The molecule has 0 aromatic heterocycles. The van der Waals surface area contributed by atoms with E-state index in [1.807, 2.05) is 23.5 Å². The first-order valence-corrected chi connectivity index (χ1v) is 8.84. The molecule has 1 unspecified atom stereocenters. The molecule has 0 aromatic rings. The van der Waals surface area contributed by atoms with Gasteiger partial charge in [0.25, 0.3) is 0 Å². The second-order valence-corrected chi connectivity index (χ2v) is 8.31. The van der Waals surface area contributed by atoms with Crippen LogP contribution in [-0.4, -0.2) is 42.1 Å². The Morgan fingerprint density at radius 1 is 1.46 bits per heavy atom. The summed E-state index contributed by atoms with van der Waals surface area (Å²) in [4.78, 5) is 0. The van der Waals surface area contributed by atoms with Crippen LogP contribution in [0.25, 0.3) is 0 Å². The fourth-order valence-corrected chi connectivity index (χ4v) is 4.65. The van der Waals surface area contributed by atoms with Crippen LogP contribution in [0.2, 0.25) is 0 Å². The lowest BCUT2D eigenvalue weighted by Gasteiger charge is -2.20. The maximum atomic E-state index is 11.1. The summed E-state index contributed by atoms with van der Waals surface area (Å²) in [5.74, 6) is 3.37. The van der Waals surface area contributed by atoms with Gasteiger partial charge in [0.15, 0.2) is 0 Å². The first kappa shape index (κ1) is 12.2. The van der Waals surface area contributed by atoms with Gasteiger partial charge in [0.2, 0.25) is 10.0 Å². The topological polar surface area (TPSA) is 46.2 Å². The molecule has 1 fully saturated rings. The lowest BCUT2D eigenvalue weighted by Crippen LogP contribution is -2.33. The number of alkyl halides is 1. The predicted molar refractivity (Wildman–Crippen MR) is 64.3 cm³/mol. The molecule has 1 saturated heterocycles. The Kier molecular flexibility index (Phi) is 5.47. The molecular formula is C6H12BrNO2S3. The standard InChI is InChI=1S/C6H12BrNO2S3/c7-5-13(9,10)8-3-6-4-11-1-2-12-6/h6,8H,1-5H2. The van der Waals surface area contributed by atoms with E-state index < -0.39 is 10.0 Å². The van der Waals surface area contributed by atoms with Crippen molar-refractivity contribution < 1.29 is 8.42 Å². The Morgan fingerprint density at radius 3 is 2.77 bits per heavy atom. The van der Waals surface area contributed by atoms with Crippen LogP contribution in [-0.2, 0) is 10.0 Å². The average molecular weight is 306 g/mol. The first-order valence-electron chi connectivity index (χ1n) is 3.87. The van der Waals surface area contributed by atoms with Crippen LogP contribution in [0.4, 0.5) is 0 Å². The number of hydrogen-bond donors (Lipinski definition) is 1. The van der Waals surface area contributed by atoms with E-state index >= 15 is 0 Å². The van der Waals surface area contributed by atoms with E-state index in [0.717, 1.165) is 11.5 Å². The summed E-state index contributed by atoms with van der Waals surface area (Å²) in [6.45, 7) is 0.561. The van der Waals surface area contributed by atoms with Gasteiger partial charge in [-0.15, -0.1) is 0 Å². The highest BCUT2D eigenvalue weighted by Crippen LogP contribution is 2.23. The molecule has 1 atom stereocenters. The number of rotatable bonds is 4. The molecule has 1 rings (SSSR count). The minimum atomic E-state index is -3.07. The molecule has 1 aliphatic heterocycles. The van der Waals surface area contributed by atoms with Gasteiger partial charge in [-0.25, -0.2) is 13.1 Å². The zero-order valence-corrected chi connectivity index (χ0v) is 11.1. The third kappa shape index (κ3) is 4.92. The summed E-state index contributed by atoms with van der Waals surface area (Å²) in [6.07, 6.45) is 0. The van der Waals surface area contributed by atoms with Crippen molar-refractivity contribution in [3.63, 3.8) is 0 Å². The molecule has 1 N–H and O–H groups in total. The molecule has 0 aromatic carbocycles. The van der Waals surface area contributed by atoms with Gasteiger partial charge >= 0.3 is 0 Å². The highest BCUT2D eigenvalue weighted by Gasteiger charge is 2.16. The van der Waals surface area contributed by atoms with Crippen molar-refractivity contribution in [2.24, 2.45) is 0 Å². The SMILES string of the molecule is O=S(=O)(CBr)NCC1CSCCS1. The fraction of sp³-hybridized carbons (Fsp3) is 1.00. The van der Waals surface area contributed by atoms with Gasteiger partial charge in [0, 0.05) is 29.1 Å². The molecule has 1 heterocycles. The molecule has 1 aliphatic rings. The summed E-state index contributed by atoms with van der Waals surface area (Å²) < 4.78 is 24.7. The van der Waals surface area contributed by atoms with E-state index in [1.165, 1.54) is 5.75 Å². The van der Waals surface area contributed by atoms with E-state index in [0.29, 0.717) is 11.8 Å². The molecule has 3 nitrogen and oxygen atoms in total. The Hall–Kier alpha value is 1.09. The maximum absolute atomic E-state index is 11.1. The van der Waals surface area contributed by atoms with Crippen molar-refractivity contribution in [2.45, 2.75) is 5.25 Å². The van der Waals surface area contributed by atoms with Crippen LogP contribution in [0.15, 0.2) is 0 Å². The Bertz CT molecular complexity index is 238. The van der Waals surface area contributed by atoms with Gasteiger partial charge in [0.1, 0.15) is 4.66 Å². The zero-order valence-electron chi connectivity index (χ0n) is 7.03. The molecule has 13 heavy (non-hydrogen) atoms. The molecule has 0 amide bonds. The number of halogens is 1. The lowest BCUT2D eigenvalue weighted by molar-refractivity contribution is 0.587. The zero-order chi connectivity index (χ0) is 9.73. The van der Waals surface area contributed by atoms with E-state index in [-0.39, 0.29) is 4.66 Å². The number of sulfonamides is 1. The van der Waals surface area contributed by atoms with Gasteiger partial charge < -0.3 is 0 Å². The van der Waals surface area contributed by atoms with Crippen LogP contribution in [0, 0.1) is 0 Å². The van der Waals surface area contributed by atoms with Crippen LogP contribution in [0.3, 0.4) is 0 Å². The van der Waals surface area contributed by atoms with Gasteiger partial charge in [-0.3, -0.25) is 0 Å². The van der Waals surface area contributed by atoms with Crippen molar-refractivity contribution >= 4 is 49.5 Å². The molecule has 0 saturated carbocycles. The second kappa shape index (κ2) is 5.85. The number of nitrogens with one attached hydrogen (secondary N) is 1. The minimum absolute atomic E-state index is 0.00940. The summed E-state index contributed by atoms with van der Waals surface area (Å²) in [5.41, 5.74) is 0. The molecule has 7 heteroatoms. The summed E-state index contributed by atoms with van der Waals surface area (Å²) in [5, 5.41) is 0.438. The molecule has 0 bridgehead atoms. The second-order valence-electron chi connectivity index (χ2n) is 2.64. The third-order valence-electron chi connectivity index (χ3n) is 1.56. The fourth-order valence-electron chi connectivity index (χ4n) is 0.913. The molecular weight excluding hydrogens is 294 g/mol. The van der Waals surface area contributed by atoms with Gasteiger partial charge in [-0.2, -0.15) is 23.5 Å². The van der Waals surface area contributed by atoms with Crippen molar-refractivity contribution in [1.29, 1.82) is 0 Å². The minimum Gasteiger partial charge on any atom is -0.213 e. The largest absolute Gasteiger partial charge is 0.221 e. The number of hydrogen-bond acceptors (Lipinski definition) is 4. The normalized spacial score (nSPS) is 24.5. The first-order chi connectivity index (χ1) is 6.14. The van der Waals surface area contributed by atoms with Gasteiger partial charge in [-0.05, 0) is 0 Å². The average Bonchev–Trinajstić information content (AvgIpc) is 2.17. The van der Waals surface area contributed by atoms with Crippen molar-refractivity contribution in [3.05, 3.63) is 0 Å². The lowest BCUT2D eigenvalue weighted by atomic mass is 10.5. The quantitative estimate of drug-likeness (QED) is 0.790. The predicted octanol–water partition coefficient (Wildman–Crippen LogP) is 1.11. The molecule has 0 spiro atoms. The summed E-state index contributed by atoms with van der Waals surface area (Å²) >= 11 is 6.68. The molecule has 0 aliphatic carbocycles. The van der Waals surface area contributed by atoms with Crippen molar-refractivity contribution in [3.8, 4) is 0 Å². The Morgan fingerprint density at radius 2 is 2.23 bits per heavy atom. The molecule has 0 radical (unpaired) electrons. The molecule has 78 valence electrons. The smallest absolute Gasteiger partial charge is 0.213 e. The monoisotopic (exact) mass is 305 g/mol. The Labute approximate surface area is 96.0 Å². The highest BCUT2D eigenvalue weighted by atomic mass is 79.9. The van der Waals surface area contributed by atoms with Crippen LogP contribution < -0.4 is 4.72 Å². The summed E-state index contributed by atoms with van der Waals surface area (Å²) in [7, 11) is -3.07. The highest BCUT2D eigenvalue weighted by molar-refractivity contribution is 9.10. The van der Waals surface area contributed by atoms with E-state index in [9.17, 15) is 8.42 Å². The van der Waals surface area contributed by atoms with E-state index in [4.69, 9.17) is 0 Å². The van der Waals surface area contributed by atoms with E-state index in [2.05, 4.69) is 20.7 Å². The Balaban J connectivity index is 2.25. The third-order valence-corrected chi connectivity index (χ3v) is 7.11.